The van der Waals surface area contributed by atoms with Crippen LogP contribution in [-0.4, -0.2) is 46.3 Å². The second-order valence-corrected chi connectivity index (χ2v) is 6.53. The first-order valence-electron chi connectivity index (χ1n) is 6.21. The van der Waals surface area contributed by atoms with Crippen LogP contribution in [0.2, 0.25) is 0 Å². The molecule has 1 aromatic rings. The van der Waals surface area contributed by atoms with E-state index in [1.807, 2.05) is 13.8 Å². The number of hydrogen-bond acceptors (Lipinski definition) is 5. The first-order chi connectivity index (χ1) is 8.98. The van der Waals surface area contributed by atoms with Gasteiger partial charge in [-0.25, -0.2) is 13.4 Å². The molecule has 1 aliphatic rings. The number of hydrogen-bond donors (Lipinski definition) is 1. The molecule has 0 aliphatic carbocycles. The minimum Gasteiger partial charge on any atom is -0.411 e. The number of imidazole rings is 1. The molecule has 0 radical (unpaired) electrons. The predicted octanol–water partition coefficient (Wildman–Crippen LogP) is 0.764. The summed E-state index contributed by atoms with van der Waals surface area (Å²) in [7, 11) is -3.55. The first kappa shape index (κ1) is 14.0. The summed E-state index contributed by atoms with van der Waals surface area (Å²) in [6.45, 7) is 5.10. The lowest BCUT2D eigenvalue weighted by Gasteiger charge is -2.29. The number of piperidine rings is 1. The second kappa shape index (κ2) is 5.30. The zero-order chi connectivity index (χ0) is 14.0. The Bertz CT molecular complexity index is 579. The molecule has 1 aromatic heterocycles. The van der Waals surface area contributed by atoms with Crippen molar-refractivity contribution in [1.82, 2.24) is 13.9 Å². The van der Waals surface area contributed by atoms with Gasteiger partial charge in [0.25, 0.3) is 10.0 Å². The molecule has 0 spiro atoms. The zero-order valence-corrected chi connectivity index (χ0v) is 11.8. The summed E-state index contributed by atoms with van der Waals surface area (Å²) in [5.74, 6) is -0.0817. The predicted molar refractivity (Wildman–Crippen MR) is 69.7 cm³/mol. The fourth-order valence-electron chi connectivity index (χ4n) is 2.13. The summed E-state index contributed by atoms with van der Waals surface area (Å²) in [4.78, 5) is 3.95. The van der Waals surface area contributed by atoms with E-state index in [2.05, 4.69) is 10.1 Å². The summed E-state index contributed by atoms with van der Waals surface area (Å²) in [6, 6.07) is 0. The van der Waals surface area contributed by atoms with Crippen LogP contribution in [0, 0.1) is 5.92 Å². The Balaban J connectivity index is 2.21. The summed E-state index contributed by atoms with van der Waals surface area (Å²) < 4.78 is 27.9. The van der Waals surface area contributed by atoms with Crippen molar-refractivity contribution in [3.05, 3.63) is 12.5 Å². The quantitative estimate of drug-likeness (QED) is 0.656. The smallest absolute Gasteiger partial charge is 0.262 e. The van der Waals surface area contributed by atoms with E-state index in [0.29, 0.717) is 31.8 Å². The van der Waals surface area contributed by atoms with E-state index in [0.717, 1.165) is 0 Å². The third-order valence-electron chi connectivity index (χ3n) is 3.37. The molecule has 1 unspecified atom stereocenters. The van der Waals surface area contributed by atoms with Gasteiger partial charge in [-0.3, -0.25) is 0 Å². The topological polar surface area (TPSA) is 87.8 Å². The molecule has 1 fully saturated rings. The summed E-state index contributed by atoms with van der Waals surface area (Å²) in [5.41, 5.74) is 0.644. The van der Waals surface area contributed by atoms with Crippen molar-refractivity contribution in [1.29, 1.82) is 0 Å². The molecule has 19 heavy (non-hydrogen) atoms. The van der Waals surface area contributed by atoms with Gasteiger partial charge in [0, 0.05) is 38.2 Å². The number of rotatable bonds is 3. The maximum atomic E-state index is 12.4. The van der Waals surface area contributed by atoms with E-state index < -0.39 is 10.0 Å². The molecule has 2 heterocycles. The number of aryl methyl sites for hydroxylation is 1. The van der Waals surface area contributed by atoms with Crippen LogP contribution < -0.4 is 0 Å². The normalized spacial score (nSPS) is 23.9. The fourth-order valence-corrected chi connectivity index (χ4v) is 3.60. The van der Waals surface area contributed by atoms with Gasteiger partial charge in [-0.15, -0.1) is 0 Å². The highest BCUT2D eigenvalue weighted by molar-refractivity contribution is 7.89. The average molecular weight is 286 g/mol. The molecular weight excluding hydrogens is 268 g/mol. The molecule has 1 atom stereocenters. The number of sulfonamides is 1. The fraction of sp³-hybridized carbons (Fsp3) is 0.636. The van der Waals surface area contributed by atoms with Crippen molar-refractivity contribution in [3.63, 3.8) is 0 Å². The van der Waals surface area contributed by atoms with Crippen molar-refractivity contribution < 1.29 is 13.6 Å². The van der Waals surface area contributed by atoms with Crippen LogP contribution in [-0.2, 0) is 16.6 Å². The molecule has 7 nitrogen and oxygen atoms in total. The Labute approximate surface area is 112 Å². The summed E-state index contributed by atoms with van der Waals surface area (Å²) in [6.07, 6.45) is 3.50. The Hall–Kier alpha value is -1.41. The monoisotopic (exact) mass is 286 g/mol. The van der Waals surface area contributed by atoms with Gasteiger partial charge in [0.2, 0.25) is 0 Å². The van der Waals surface area contributed by atoms with Crippen molar-refractivity contribution in [3.8, 4) is 0 Å². The minimum absolute atomic E-state index is 0.0749. The zero-order valence-electron chi connectivity index (χ0n) is 11.0. The molecule has 0 bridgehead atoms. The molecule has 0 aromatic carbocycles. The van der Waals surface area contributed by atoms with Crippen LogP contribution >= 0.6 is 0 Å². The SMILES string of the molecule is CCn1cnc(S(=O)(=O)N2CCC(=NO)C(C)C2)c1. The van der Waals surface area contributed by atoms with Gasteiger partial charge < -0.3 is 9.77 Å². The Kier molecular flexibility index (Phi) is 3.91. The maximum Gasteiger partial charge on any atom is 0.262 e. The Morgan fingerprint density at radius 1 is 1.58 bits per heavy atom. The van der Waals surface area contributed by atoms with Crippen LogP contribution in [0.3, 0.4) is 0 Å². The highest BCUT2D eigenvalue weighted by Gasteiger charge is 2.33. The molecule has 2 rings (SSSR count). The summed E-state index contributed by atoms with van der Waals surface area (Å²) >= 11 is 0. The van der Waals surface area contributed by atoms with Crippen LogP contribution in [0.25, 0.3) is 0 Å². The van der Waals surface area contributed by atoms with E-state index in [9.17, 15) is 8.42 Å². The third kappa shape index (κ3) is 2.64. The highest BCUT2D eigenvalue weighted by Crippen LogP contribution is 2.21. The van der Waals surface area contributed by atoms with Gasteiger partial charge >= 0.3 is 0 Å². The lowest BCUT2D eigenvalue weighted by molar-refractivity contribution is 0.300. The first-order valence-corrected chi connectivity index (χ1v) is 7.65. The standard InChI is InChI=1S/C11H18N4O3S/c1-3-14-7-11(12-8-14)19(17,18)15-5-4-10(13-16)9(2)6-15/h7-9,16H,3-6H2,1-2H3. The molecule has 106 valence electrons. The van der Waals surface area contributed by atoms with Crippen LogP contribution in [0.1, 0.15) is 20.3 Å². The largest absolute Gasteiger partial charge is 0.411 e. The van der Waals surface area contributed by atoms with Gasteiger partial charge in [0.1, 0.15) is 0 Å². The number of nitrogens with zero attached hydrogens (tertiary/aromatic N) is 4. The average Bonchev–Trinajstić information content (AvgIpc) is 2.88. The molecule has 8 heteroatoms. The maximum absolute atomic E-state index is 12.4. The Morgan fingerprint density at radius 2 is 2.32 bits per heavy atom. The number of aromatic nitrogens is 2. The van der Waals surface area contributed by atoms with Crippen molar-refractivity contribution in [2.24, 2.45) is 11.1 Å². The molecule has 1 saturated heterocycles. The lowest BCUT2D eigenvalue weighted by Crippen LogP contribution is -2.43. The summed E-state index contributed by atoms with van der Waals surface area (Å²) in [5, 5.41) is 12.1. The Morgan fingerprint density at radius 3 is 2.84 bits per heavy atom. The van der Waals surface area contributed by atoms with Crippen molar-refractivity contribution in [2.75, 3.05) is 13.1 Å². The van der Waals surface area contributed by atoms with Gasteiger partial charge in [-0.1, -0.05) is 12.1 Å². The second-order valence-electron chi connectivity index (χ2n) is 4.65. The van der Waals surface area contributed by atoms with Gasteiger partial charge in [-0.05, 0) is 6.92 Å². The molecule has 1 N–H and O–H groups in total. The molecule has 1 aliphatic heterocycles. The lowest BCUT2D eigenvalue weighted by atomic mass is 10.00. The van der Waals surface area contributed by atoms with Crippen LogP contribution in [0.15, 0.2) is 22.7 Å². The number of oxime groups is 1. The van der Waals surface area contributed by atoms with Gasteiger partial charge in [0.05, 0.1) is 12.0 Å². The van der Waals surface area contributed by atoms with Gasteiger partial charge in [0.15, 0.2) is 5.03 Å². The third-order valence-corrected chi connectivity index (χ3v) is 5.12. The minimum atomic E-state index is -3.55. The molecular formula is C11H18N4O3S. The van der Waals surface area contributed by atoms with E-state index in [4.69, 9.17) is 5.21 Å². The van der Waals surface area contributed by atoms with Crippen LogP contribution in [0.5, 0.6) is 0 Å². The van der Waals surface area contributed by atoms with Crippen molar-refractivity contribution in [2.45, 2.75) is 31.8 Å². The van der Waals surface area contributed by atoms with E-state index in [1.165, 1.54) is 16.8 Å². The van der Waals surface area contributed by atoms with E-state index in [1.54, 1.807) is 4.57 Å². The van der Waals surface area contributed by atoms with Crippen molar-refractivity contribution >= 4 is 15.7 Å². The molecule has 0 saturated carbocycles. The van der Waals surface area contributed by atoms with E-state index >= 15 is 0 Å². The van der Waals surface area contributed by atoms with Crippen LogP contribution in [0.4, 0.5) is 0 Å². The molecule has 0 amide bonds. The van der Waals surface area contributed by atoms with Gasteiger partial charge in [-0.2, -0.15) is 4.31 Å². The van der Waals surface area contributed by atoms with E-state index in [-0.39, 0.29) is 10.9 Å². The highest BCUT2D eigenvalue weighted by atomic mass is 32.2.